The van der Waals surface area contributed by atoms with Gasteiger partial charge in [-0.05, 0) is 43.4 Å². The van der Waals surface area contributed by atoms with Crippen LogP contribution in [0.25, 0.3) is 0 Å². The number of piperazine rings is 1. The summed E-state index contributed by atoms with van der Waals surface area (Å²) in [5.74, 6) is 0.239. The third-order valence-electron chi connectivity index (χ3n) is 7.51. The molecule has 1 aromatic carbocycles. The summed E-state index contributed by atoms with van der Waals surface area (Å²) in [6.07, 6.45) is 6.08. The van der Waals surface area contributed by atoms with E-state index in [9.17, 15) is 9.59 Å². The van der Waals surface area contributed by atoms with Crippen LogP contribution in [0.3, 0.4) is 0 Å². The molecule has 1 unspecified atom stereocenters. The van der Waals surface area contributed by atoms with Gasteiger partial charge in [-0.1, -0.05) is 30.3 Å². The summed E-state index contributed by atoms with van der Waals surface area (Å²) in [6, 6.07) is 12.4. The van der Waals surface area contributed by atoms with E-state index in [1.54, 1.807) is 12.4 Å². The SMILES string of the molecule is Cc1ccncc1C(=O)N1CCC(N2CC(=O)N(Cc3ccccc3)CC23CCOC3)CC1. The molecule has 2 aromatic rings. The summed E-state index contributed by atoms with van der Waals surface area (Å²) in [7, 11) is 0. The maximum Gasteiger partial charge on any atom is 0.255 e. The van der Waals surface area contributed by atoms with Crippen molar-refractivity contribution in [2.24, 2.45) is 0 Å². The van der Waals surface area contributed by atoms with Gasteiger partial charge in [0.15, 0.2) is 0 Å². The topological polar surface area (TPSA) is 66.0 Å². The van der Waals surface area contributed by atoms with Gasteiger partial charge in [0, 0.05) is 51.2 Å². The van der Waals surface area contributed by atoms with Crippen LogP contribution in [0.1, 0.15) is 40.7 Å². The molecule has 0 aliphatic carbocycles. The van der Waals surface area contributed by atoms with E-state index in [2.05, 4.69) is 22.0 Å². The lowest BCUT2D eigenvalue weighted by Gasteiger charge is -2.52. The number of nitrogens with zero attached hydrogens (tertiary/aromatic N) is 4. The van der Waals surface area contributed by atoms with Crippen molar-refractivity contribution in [3.8, 4) is 0 Å². The molecule has 7 nitrogen and oxygen atoms in total. The van der Waals surface area contributed by atoms with E-state index >= 15 is 0 Å². The Hall–Kier alpha value is -2.77. The van der Waals surface area contributed by atoms with Gasteiger partial charge in [-0.3, -0.25) is 19.5 Å². The van der Waals surface area contributed by atoms with Gasteiger partial charge in [-0.2, -0.15) is 0 Å². The fourth-order valence-electron chi connectivity index (χ4n) is 5.60. The largest absolute Gasteiger partial charge is 0.379 e. The number of likely N-dealkylation sites (tertiary alicyclic amines) is 1. The number of pyridine rings is 1. The van der Waals surface area contributed by atoms with Crippen molar-refractivity contribution in [3.63, 3.8) is 0 Å². The van der Waals surface area contributed by atoms with Gasteiger partial charge in [0.1, 0.15) is 0 Å². The summed E-state index contributed by atoms with van der Waals surface area (Å²) >= 11 is 0. The van der Waals surface area contributed by atoms with Crippen LogP contribution in [-0.2, 0) is 16.1 Å². The molecule has 3 aliphatic rings. The van der Waals surface area contributed by atoms with Gasteiger partial charge in [0.2, 0.25) is 5.91 Å². The lowest BCUT2D eigenvalue weighted by Crippen LogP contribution is -2.68. The molecule has 5 rings (SSSR count). The highest BCUT2D eigenvalue weighted by atomic mass is 16.5. The predicted molar refractivity (Wildman–Crippen MR) is 125 cm³/mol. The number of ether oxygens (including phenoxy) is 1. The number of benzene rings is 1. The average molecular weight is 449 g/mol. The summed E-state index contributed by atoms with van der Waals surface area (Å²) < 4.78 is 5.87. The van der Waals surface area contributed by atoms with Crippen molar-refractivity contribution in [1.29, 1.82) is 0 Å². The van der Waals surface area contributed by atoms with Crippen molar-refractivity contribution in [2.75, 3.05) is 39.4 Å². The molecule has 0 radical (unpaired) electrons. The summed E-state index contributed by atoms with van der Waals surface area (Å²) in [5, 5.41) is 0. The molecule has 3 aliphatic heterocycles. The lowest BCUT2D eigenvalue weighted by atomic mass is 9.87. The molecule has 1 aromatic heterocycles. The Bertz CT molecular complexity index is 998. The Kier molecular flexibility index (Phi) is 6.17. The van der Waals surface area contributed by atoms with Crippen molar-refractivity contribution in [1.82, 2.24) is 19.7 Å². The number of carbonyl (C=O) groups is 2. The second kappa shape index (κ2) is 9.23. The molecule has 174 valence electrons. The van der Waals surface area contributed by atoms with Crippen LogP contribution in [0.15, 0.2) is 48.8 Å². The minimum Gasteiger partial charge on any atom is -0.379 e. The minimum absolute atomic E-state index is 0.0571. The third-order valence-corrected chi connectivity index (χ3v) is 7.51. The van der Waals surface area contributed by atoms with Crippen molar-refractivity contribution >= 4 is 11.8 Å². The van der Waals surface area contributed by atoms with Gasteiger partial charge >= 0.3 is 0 Å². The Morgan fingerprint density at radius 2 is 1.97 bits per heavy atom. The van der Waals surface area contributed by atoms with E-state index in [0.717, 1.165) is 37.0 Å². The normalized spacial score (nSPS) is 24.6. The standard InChI is InChI=1S/C26H32N4O3/c1-20-7-11-27-15-23(20)25(32)28-12-8-22(9-13-28)30-17-24(31)29(16-21-5-3-2-4-6-21)18-26(30)10-14-33-19-26/h2-7,11,15,22H,8-10,12-14,16-19H2,1H3. The van der Waals surface area contributed by atoms with Crippen LogP contribution < -0.4 is 0 Å². The molecular weight excluding hydrogens is 416 g/mol. The second-order valence-corrected chi connectivity index (χ2v) is 9.60. The first-order valence-electron chi connectivity index (χ1n) is 11.9. The fraction of sp³-hybridized carbons (Fsp3) is 0.500. The molecule has 0 saturated carbocycles. The van der Waals surface area contributed by atoms with Crippen LogP contribution in [0, 0.1) is 6.92 Å². The molecule has 1 spiro atoms. The Labute approximate surface area is 195 Å². The van der Waals surface area contributed by atoms with E-state index in [-0.39, 0.29) is 23.4 Å². The van der Waals surface area contributed by atoms with E-state index < -0.39 is 0 Å². The zero-order chi connectivity index (χ0) is 22.8. The number of aryl methyl sites for hydroxylation is 1. The van der Waals surface area contributed by atoms with E-state index in [1.807, 2.05) is 41.0 Å². The maximum atomic E-state index is 13.2. The maximum absolute atomic E-state index is 13.2. The number of hydrogen-bond acceptors (Lipinski definition) is 5. The molecule has 33 heavy (non-hydrogen) atoms. The van der Waals surface area contributed by atoms with E-state index in [4.69, 9.17) is 4.74 Å². The number of aromatic nitrogens is 1. The molecule has 4 heterocycles. The fourth-order valence-corrected chi connectivity index (χ4v) is 5.60. The van der Waals surface area contributed by atoms with Crippen molar-refractivity contribution in [3.05, 3.63) is 65.5 Å². The van der Waals surface area contributed by atoms with Crippen LogP contribution in [0.5, 0.6) is 0 Å². The van der Waals surface area contributed by atoms with Crippen molar-refractivity contribution in [2.45, 2.75) is 44.3 Å². The zero-order valence-corrected chi connectivity index (χ0v) is 19.3. The molecule has 2 amide bonds. The van der Waals surface area contributed by atoms with Gasteiger partial charge in [-0.25, -0.2) is 0 Å². The molecule has 0 N–H and O–H groups in total. The molecule has 7 heteroatoms. The van der Waals surface area contributed by atoms with Gasteiger partial charge in [0.25, 0.3) is 5.91 Å². The molecule has 3 fully saturated rings. The monoisotopic (exact) mass is 448 g/mol. The first kappa shape index (κ1) is 22.0. The van der Waals surface area contributed by atoms with Crippen molar-refractivity contribution < 1.29 is 14.3 Å². The van der Waals surface area contributed by atoms with Gasteiger partial charge in [0.05, 0.1) is 24.3 Å². The van der Waals surface area contributed by atoms with E-state index in [1.165, 1.54) is 0 Å². The van der Waals surface area contributed by atoms with Crippen LogP contribution in [-0.4, -0.2) is 82.5 Å². The number of rotatable bonds is 4. The Morgan fingerprint density at radius 1 is 1.18 bits per heavy atom. The highest BCUT2D eigenvalue weighted by Gasteiger charge is 2.50. The highest BCUT2D eigenvalue weighted by Crippen LogP contribution is 2.36. The lowest BCUT2D eigenvalue weighted by molar-refractivity contribution is -0.148. The van der Waals surface area contributed by atoms with E-state index in [0.29, 0.717) is 44.9 Å². The first-order valence-corrected chi connectivity index (χ1v) is 11.9. The average Bonchev–Trinajstić information content (AvgIpc) is 3.31. The summed E-state index contributed by atoms with van der Waals surface area (Å²) in [5.41, 5.74) is 2.67. The second-order valence-electron chi connectivity index (χ2n) is 9.60. The number of hydrogen-bond donors (Lipinski definition) is 0. The number of carbonyl (C=O) groups excluding carboxylic acids is 2. The quantitative estimate of drug-likeness (QED) is 0.719. The summed E-state index contributed by atoms with van der Waals surface area (Å²) in [6.45, 7) is 6.53. The predicted octanol–water partition coefficient (Wildman–Crippen LogP) is 2.50. The molecule has 1 atom stereocenters. The molecular formula is C26H32N4O3. The van der Waals surface area contributed by atoms with Gasteiger partial charge in [-0.15, -0.1) is 0 Å². The first-order chi connectivity index (χ1) is 16.1. The number of amides is 2. The highest BCUT2D eigenvalue weighted by molar-refractivity contribution is 5.95. The molecule has 3 saturated heterocycles. The number of piperidine rings is 1. The third kappa shape index (κ3) is 4.39. The van der Waals surface area contributed by atoms with Gasteiger partial charge < -0.3 is 14.5 Å². The van der Waals surface area contributed by atoms with Crippen LogP contribution in [0.2, 0.25) is 0 Å². The van der Waals surface area contributed by atoms with Crippen LogP contribution >= 0.6 is 0 Å². The summed E-state index contributed by atoms with van der Waals surface area (Å²) in [4.78, 5) is 36.7. The smallest absolute Gasteiger partial charge is 0.255 e. The molecule has 0 bridgehead atoms. The zero-order valence-electron chi connectivity index (χ0n) is 19.3. The Balaban J connectivity index is 1.27. The minimum atomic E-state index is -0.126. The van der Waals surface area contributed by atoms with Crippen LogP contribution in [0.4, 0.5) is 0 Å². The Morgan fingerprint density at radius 3 is 2.67 bits per heavy atom.